The molecule has 2 nitrogen and oxygen atoms in total. The number of methoxy groups -OCH3 is 1. The predicted molar refractivity (Wildman–Crippen MR) is 76.0 cm³/mol. The summed E-state index contributed by atoms with van der Waals surface area (Å²) in [7, 11) is 1.74. The summed E-state index contributed by atoms with van der Waals surface area (Å²) in [6, 6.07) is 2.07. The second-order valence-corrected chi connectivity index (χ2v) is 7.25. The standard InChI is InChI=1S/C15H24O2S/c1-11-5-10-18-12(11)13(16)15(17-4)8-6-14(2,3)7-9-15/h5,10,13,16H,6-9H2,1-4H3. The van der Waals surface area contributed by atoms with E-state index in [1.54, 1.807) is 18.4 Å². The quantitative estimate of drug-likeness (QED) is 0.895. The van der Waals surface area contributed by atoms with Crippen molar-refractivity contribution in [2.75, 3.05) is 7.11 Å². The molecule has 1 heterocycles. The topological polar surface area (TPSA) is 29.5 Å². The summed E-state index contributed by atoms with van der Waals surface area (Å²) >= 11 is 1.64. The van der Waals surface area contributed by atoms with Crippen LogP contribution in [0.1, 0.15) is 56.1 Å². The highest BCUT2D eigenvalue weighted by molar-refractivity contribution is 7.10. The first-order valence-electron chi connectivity index (χ1n) is 6.67. The van der Waals surface area contributed by atoms with Gasteiger partial charge < -0.3 is 9.84 Å². The molecule has 0 bridgehead atoms. The monoisotopic (exact) mass is 268 g/mol. The number of aryl methyl sites for hydroxylation is 1. The minimum absolute atomic E-state index is 0.381. The first-order valence-corrected chi connectivity index (χ1v) is 7.55. The van der Waals surface area contributed by atoms with Crippen molar-refractivity contribution < 1.29 is 9.84 Å². The molecule has 1 saturated carbocycles. The van der Waals surface area contributed by atoms with E-state index in [9.17, 15) is 5.11 Å². The number of hydrogen-bond donors (Lipinski definition) is 1. The maximum atomic E-state index is 10.7. The summed E-state index contributed by atoms with van der Waals surface area (Å²) in [5.41, 5.74) is 1.17. The number of ether oxygens (including phenoxy) is 1. The van der Waals surface area contributed by atoms with Crippen LogP contribution in [0.2, 0.25) is 0 Å². The van der Waals surface area contributed by atoms with Crippen LogP contribution in [0.4, 0.5) is 0 Å². The molecule has 1 aliphatic rings. The number of rotatable bonds is 3. The molecule has 1 fully saturated rings. The fourth-order valence-electron chi connectivity index (χ4n) is 2.84. The van der Waals surface area contributed by atoms with Crippen molar-refractivity contribution in [1.82, 2.24) is 0 Å². The Bertz CT molecular complexity index is 398. The van der Waals surface area contributed by atoms with Gasteiger partial charge in [0.2, 0.25) is 0 Å². The Morgan fingerprint density at radius 2 is 1.89 bits per heavy atom. The van der Waals surface area contributed by atoms with E-state index in [0.29, 0.717) is 5.41 Å². The van der Waals surface area contributed by atoms with Crippen LogP contribution < -0.4 is 0 Å². The van der Waals surface area contributed by atoms with E-state index in [-0.39, 0.29) is 5.60 Å². The molecule has 2 rings (SSSR count). The van der Waals surface area contributed by atoms with Crippen molar-refractivity contribution in [3.8, 4) is 0 Å². The van der Waals surface area contributed by atoms with Gasteiger partial charge in [0.25, 0.3) is 0 Å². The average molecular weight is 268 g/mol. The van der Waals surface area contributed by atoms with Crippen LogP contribution >= 0.6 is 11.3 Å². The molecular weight excluding hydrogens is 244 g/mol. The molecule has 0 amide bonds. The van der Waals surface area contributed by atoms with Gasteiger partial charge >= 0.3 is 0 Å². The number of thiophene rings is 1. The molecule has 0 spiro atoms. The van der Waals surface area contributed by atoms with Crippen molar-refractivity contribution in [3.05, 3.63) is 21.9 Å². The lowest BCUT2D eigenvalue weighted by Gasteiger charge is -2.45. The van der Waals surface area contributed by atoms with E-state index in [2.05, 4.69) is 26.8 Å². The van der Waals surface area contributed by atoms with Crippen molar-refractivity contribution in [2.24, 2.45) is 5.41 Å². The Morgan fingerprint density at radius 3 is 2.33 bits per heavy atom. The van der Waals surface area contributed by atoms with E-state index in [0.717, 1.165) is 30.6 Å². The third-order valence-electron chi connectivity index (χ3n) is 4.50. The molecule has 1 unspecified atom stereocenters. The van der Waals surface area contributed by atoms with Crippen molar-refractivity contribution in [3.63, 3.8) is 0 Å². The Kier molecular flexibility index (Phi) is 3.86. The largest absolute Gasteiger partial charge is 0.385 e. The summed E-state index contributed by atoms with van der Waals surface area (Å²) in [6.45, 7) is 6.66. The van der Waals surface area contributed by atoms with Crippen LogP contribution in [0.25, 0.3) is 0 Å². The fraction of sp³-hybridized carbons (Fsp3) is 0.733. The van der Waals surface area contributed by atoms with Gasteiger partial charge in [0, 0.05) is 12.0 Å². The molecule has 18 heavy (non-hydrogen) atoms. The molecule has 0 aromatic carbocycles. The molecule has 0 radical (unpaired) electrons. The van der Waals surface area contributed by atoms with Crippen LogP contribution in [0.3, 0.4) is 0 Å². The third kappa shape index (κ3) is 2.49. The summed E-state index contributed by atoms with van der Waals surface area (Å²) in [5, 5.41) is 12.8. The molecule has 1 aliphatic carbocycles. The van der Waals surface area contributed by atoms with Gasteiger partial charge in [-0.3, -0.25) is 0 Å². The Morgan fingerprint density at radius 1 is 1.28 bits per heavy atom. The number of aliphatic hydroxyl groups is 1. The van der Waals surface area contributed by atoms with E-state index < -0.39 is 6.10 Å². The molecule has 1 aromatic rings. The van der Waals surface area contributed by atoms with Gasteiger partial charge in [0.1, 0.15) is 6.10 Å². The predicted octanol–water partition coefficient (Wildman–Crippen LogP) is 4.08. The van der Waals surface area contributed by atoms with Crippen molar-refractivity contribution in [2.45, 2.75) is 58.2 Å². The number of hydrogen-bond acceptors (Lipinski definition) is 3. The number of aliphatic hydroxyl groups excluding tert-OH is 1. The van der Waals surface area contributed by atoms with E-state index in [1.807, 2.05) is 5.38 Å². The second-order valence-electron chi connectivity index (χ2n) is 6.30. The highest BCUT2D eigenvalue weighted by Gasteiger charge is 2.45. The smallest absolute Gasteiger partial charge is 0.117 e. The summed E-state index contributed by atoms with van der Waals surface area (Å²) in [6.07, 6.45) is 3.62. The van der Waals surface area contributed by atoms with E-state index >= 15 is 0 Å². The first kappa shape index (κ1) is 14.0. The van der Waals surface area contributed by atoms with Gasteiger partial charge in [-0.05, 0) is 55.0 Å². The van der Waals surface area contributed by atoms with Crippen molar-refractivity contribution >= 4 is 11.3 Å². The zero-order valence-corrected chi connectivity index (χ0v) is 12.6. The summed E-state index contributed by atoms with van der Waals surface area (Å²) in [4.78, 5) is 1.07. The van der Waals surface area contributed by atoms with Crippen LogP contribution in [-0.2, 0) is 4.74 Å². The minimum Gasteiger partial charge on any atom is -0.385 e. The molecule has 102 valence electrons. The van der Waals surface area contributed by atoms with Crippen LogP contribution in [0, 0.1) is 12.3 Å². The zero-order valence-electron chi connectivity index (χ0n) is 11.8. The fourth-order valence-corrected chi connectivity index (χ4v) is 3.86. The van der Waals surface area contributed by atoms with E-state index in [1.165, 1.54) is 5.56 Å². The maximum Gasteiger partial charge on any atom is 0.117 e. The molecule has 1 atom stereocenters. The van der Waals surface area contributed by atoms with E-state index in [4.69, 9.17) is 4.74 Å². The zero-order chi connectivity index (χ0) is 13.4. The van der Waals surface area contributed by atoms with Crippen LogP contribution in [-0.4, -0.2) is 17.8 Å². The van der Waals surface area contributed by atoms with Gasteiger partial charge in [-0.1, -0.05) is 13.8 Å². The second kappa shape index (κ2) is 4.95. The summed E-state index contributed by atoms with van der Waals surface area (Å²) in [5.74, 6) is 0. The highest BCUT2D eigenvalue weighted by atomic mass is 32.1. The Labute approximate surface area is 114 Å². The van der Waals surface area contributed by atoms with Gasteiger partial charge in [0.05, 0.1) is 5.60 Å². The van der Waals surface area contributed by atoms with Crippen LogP contribution in [0.5, 0.6) is 0 Å². The molecule has 0 saturated heterocycles. The minimum atomic E-state index is -0.487. The normalized spacial score (nSPS) is 23.8. The highest BCUT2D eigenvalue weighted by Crippen LogP contribution is 2.48. The Balaban J connectivity index is 2.21. The molecule has 1 N–H and O–H groups in total. The molecule has 0 aliphatic heterocycles. The van der Waals surface area contributed by atoms with Crippen LogP contribution in [0.15, 0.2) is 11.4 Å². The lowest BCUT2D eigenvalue weighted by molar-refractivity contribution is -0.137. The SMILES string of the molecule is COC1(C(O)c2sccc2C)CCC(C)(C)CC1. The summed E-state index contributed by atoms with van der Waals surface area (Å²) < 4.78 is 5.77. The van der Waals surface area contributed by atoms with Gasteiger partial charge in [-0.25, -0.2) is 0 Å². The Hall–Kier alpha value is -0.380. The van der Waals surface area contributed by atoms with Crippen molar-refractivity contribution in [1.29, 1.82) is 0 Å². The molecular formula is C15H24O2S. The molecule has 1 aromatic heterocycles. The third-order valence-corrected chi connectivity index (χ3v) is 5.58. The average Bonchev–Trinajstić information content (AvgIpc) is 2.75. The first-order chi connectivity index (χ1) is 8.40. The van der Waals surface area contributed by atoms with Gasteiger partial charge in [-0.2, -0.15) is 0 Å². The lowest BCUT2D eigenvalue weighted by Crippen LogP contribution is -2.43. The van der Waals surface area contributed by atoms with Gasteiger partial charge in [-0.15, -0.1) is 11.3 Å². The lowest BCUT2D eigenvalue weighted by atomic mass is 9.68. The maximum absolute atomic E-state index is 10.7. The molecule has 3 heteroatoms. The van der Waals surface area contributed by atoms with Gasteiger partial charge in [0.15, 0.2) is 0 Å².